The number of unbranched alkanes of at least 4 members (excludes halogenated alkanes) is 2. The van der Waals surface area contributed by atoms with Crippen LogP contribution in [0.3, 0.4) is 0 Å². The molecule has 0 saturated carbocycles. The van der Waals surface area contributed by atoms with E-state index in [-0.39, 0.29) is 31.3 Å². The number of carboxylic acids is 1. The smallest absolute Gasteiger partial charge is 0.407 e. The Morgan fingerprint density at radius 3 is 2.44 bits per heavy atom. The number of hydrogen-bond donors (Lipinski definition) is 4. The van der Waals surface area contributed by atoms with Gasteiger partial charge in [-0.15, -0.1) is 11.3 Å². The lowest BCUT2D eigenvalue weighted by molar-refractivity contribution is -0.139. The Labute approximate surface area is 349 Å². The van der Waals surface area contributed by atoms with E-state index in [9.17, 15) is 19.5 Å². The van der Waals surface area contributed by atoms with E-state index < -0.39 is 18.1 Å². The Morgan fingerprint density at radius 1 is 1.00 bits per heavy atom. The van der Waals surface area contributed by atoms with Gasteiger partial charge < -0.3 is 40.4 Å². The summed E-state index contributed by atoms with van der Waals surface area (Å²) in [6.45, 7) is 9.54. The van der Waals surface area contributed by atoms with E-state index >= 15 is 0 Å². The van der Waals surface area contributed by atoms with E-state index in [1.54, 1.807) is 11.3 Å². The lowest BCUT2D eigenvalue weighted by Crippen LogP contribution is -2.41. The van der Waals surface area contributed by atoms with Crippen molar-refractivity contribution in [2.75, 3.05) is 51.7 Å². The van der Waals surface area contributed by atoms with Crippen LogP contribution in [0.5, 0.6) is 0 Å². The number of aliphatic carboxylic acids is 1. The van der Waals surface area contributed by atoms with Gasteiger partial charge in [0.2, 0.25) is 5.91 Å². The molecule has 59 heavy (non-hydrogen) atoms. The Hall–Kier alpha value is -5.05. The topological polar surface area (TPSA) is 174 Å². The summed E-state index contributed by atoms with van der Waals surface area (Å²) >= 11 is 1.77. The van der Waals surface area contributed by atoms with Gasteiger partial charge in [0, 0.05) is 43.3 Å². The van der Waals surface area contributed by atoms with Gasteiger partial charge in [-0.1, -0.05) is 61.9 Å². The first-order chi connectivity index (χ1) is 28.7. The SMILES string of the molecule is CCCCc1nc2c(N)nc3cc(C)sc3c2n1CC1CCN(CCOCCC(=O)NCCCC[C@H](NC(=O)OCC2c3ccccc3-c3ccccc32)C(=O)O)CC1. The summed E-state index contributed by atoms with van der Waals surface area (Å²) in [4.78, 5) is 50.3. The molecule has 13 nitrogen and oxygen atoms in total. The van der Waals surface area contributed by atoms with Crippen LogP contribution in [0, 0.1) is 12.8 Å². The minimum absolute atomic E-state index is 0.102. The molecular formula is C45H57N7O6S. The van der Waals surface area contributed by atoms with E-state index in [2.05, 4.69) is 57.1 Å². The summed E-state index contributed by atoms with van der Waals surface area (Å²) in [6.07, 6.45) is 6.15. The molecule has 1 aliphatic heterocycles. The van der Waals surface area contributed by atoms with Gasteiger partial charge in [0.1, 0.15) is 24.0 Å². The zero-order valence-electron chi connectivity index (χ0n) is 34.2. The number of imidazole rings is 1. The monoisotopic (exact) mass is 823 g/mol. The van der Waals surface area contributed by atoms with Crippen LogP contribution in [0.4, 0.5) is 10.6 Å². The zero-order chi connectivity index (χ0) is 41.3. The number of nitrogens with one attached hydrogen (secondary N) is 2. The van der Waals surface area contributed by atoms with Crippen molar-refractivity contribution in [1.82, 2.24) is 30.1 Å². The summed E-state index contributed by atoms with van der Waals surface area (Å²) in [5.41, 5.74) is 13.8. The number of carboxylic acid groups (broad SMARTS) is 1. The molecule has 4 heterocycles. The summed E-state index contributed by atoms with van der Waals surface area (Å²) in [5.74, 6) is 0.839. The first kappa shape index (κ1) is 42.1. The fourth-order valence-electron chi connectivity index (χ4n) is 8.51. The molecule has 0 radical (unpaired) electrons. The lowest BCUT2D eigenvalue weighted by atomic mass is 9.96. The van der Waals surface area contributed by atoms with E-state index in [1.807, 2.05) is 36.4 Å². The Bertz CT molecular complexity index is 2200. The molecule has 314 valence electrons. The molecule has 5 aromatic rings. The highest BCUT2D eigenvalue weighted by Crippen LogP contribution is 2.44. The molecular weight excluding hydrogens is 767 g/mol. The number of rotatable bonds is 20. The number of benzene rings is 2. The molecule has 14 heteroatoms. The number of amides is 2. The standard InChI is InChI=1S/C45H57N7O6S/c1-3-4-16-38-50-40-41(42-37(48-43(40)46)26-29(2)59-42)52(38)27-30-17-21-51(22-18-30)23-25-57-24-19-39(53)47-20-10-9-15-36(44(54)55)49-45(56)58-28-35-33-13-7-5-11-31(33)32-12-6-8-14-34(32)35/h5-8,11-14,26,30,35-36H,3-4,9-10,15-25,27-28H2,1-2H3,(H2,46,48)(H,47,53)(H,49,56)(H,54,55)/t36-/m0/s1. The molecule has 2 amide bonds. The van der Waals surface area contributed by atoms with Crippen molar-refractivity contribution in [3.63, 3.8) is 0 Å². The number of nitrogens with two attached hydrogens (primary N) is 1. The van der Waals surface area contributed by atoms with Crippen LogP contribution >= 0.6 is 11.3 Å². The number of ether oxygens (including phenoxy) is 2. The van der Waals surface area contributed by atoms with E-state index in [4.69, 9.17) is 20.2 Å². The van der Waals surface area contributed by atoms with Gasteiger partial charge >= 0.3 is 12.1 Å². The molecule has 3 aromatic heterocycles. The number of carbonyl (C=O) groups is 3. The molecule has 0 bridgehead atoms. The Balaban J connectivity index is 0.756. The highest BCUT2D eigenvalue weighted by Gasteiger charge is 2.30. The number of hydrogen-bond acceptors (Lipinski definition) is 10. The van der Waals surface area contributed by atoms with Gasteiger partial charge in [0.05, 0.1) is 28.9 Å². The number of aromatic nitrogens is 3. The maximum absolute atomic E-state index is 12.7. The van der Waals surface area contributed by atoms with Crippen molar-refractivity contribution >= 4 is 56.4 Å². The third-order valence-electron chi connectivity index (χ3n) is 11.7. The van der Waals surface area contributed by atoms with Crippen molar-refractivity contribution in [3.05, 3.63) is 76.4 Å². The minimum atomic E-state index is -1.12. The molecule has 2 aliphatic rings. The number of thiophene rings is 1. The maximum atomic E-state index is 12.7. The first-order valence-electron chi connectivity index (χ1n) is 21.2. The van der Waals surface area contributed by atoms with Crippen molar-refractivity contribution in [2.45, 2.75) is 90.1 Å². The van der Waals surface area contributed by atoms with Crippen molar-refractivity contribution < 1.29 is 29.0 Å². The number of alkyl carbamates (subject to hydrolysis) is 1. The summed E-state index contributed by atoms with van der Waals surface area (Å²) in [7, 11) is 0. The predicted molar refractivity (Wildman–Crippen MR) is 232 cm³/mol. The number of piperidine rings is 1. The maximum Gasteiger partial charge on any atom is 0.407 e. The number of carbonyl (C=O) groups excluding carboxylic acids is 2. The number of nitrogens with zero attached hydrogens (tertiary/aromatic N) is 4. The molecule has 1 fully saturated rings. The highest BCUT2D eigenvalue weighted by molar-refractivity contribution is 7.19. The van der Waals surface area contributed by atoms with E-state index in [0.29, 0.717) is 44.3 Å². The van der Waals surface area contributed by atoms with E-state index in [1.165, 1.54) is 9.58 Å². The van der Waals surface area contributed by atoms with Crippen molar-refractivity contribution in [2.24, 2.45) is 5.92 Å². The first-order valence-corrected chi connectivity index (χ1v) is 22.0. The molecule has 1 atom stereocenters. The third kappa shape index (κ3) is 10.2. The van der Waals surface area contributed by atoms with Crippen LogP contribution in [0.25, 0.3) is 32.4 Å². The molecule has 1 aliphatic carbocycles. The van der Waals surface area contributed by atoms with Gasteiger partial charge in [0.25, 0.3) is 0 Å². The average molecular weight is 824 g/mol. The number of fused-ring (bicyclic) bond motifs is 6. The largest absolute Gasteiger partial charge is 0.480 e. The van der Waals surface area contributed by atoms with Crippen LogP contribution < -0.4 is 16.4 Å². The highest BCUT2D eigenvalue weighted by atomic mass is 32.1. The van der Waals surface area contributed by atoms with Gasteiger partial charge in [-0.2, -0.15) is 0 Å². The molecule has 7 rings (SSSR count). The summed E-state index contributed by atoms with van der Waals surface area (Å²) in [6, 6.07) is 17.1. The fourth-order valence-corrected chi connectivity index (χ4v) is 9.51. The molecule has 0 unspecified atom stereocenters. The average Bonchev–Trinajstić information content (AvgIpc) is 3.89. The minimum Gasteiger partial charge on any atom is -0.480 e. The van der Waals surface area contributed by atoms with Crippen molar-refractivity contribution in [3.8, 4) is 11.1 Å². The summed E-state index contributed by atoms with van der Waals surface area (Å²) in [5, 5.41) is 15.1. The van der Waals surface area contributed by atoms with Gasteiger partial charge in [-0.3, -0.25) is 4.79 Å². The summed E-state index contributed by atoms with van der Waals surface area (Å²) < 4.78 is 15.0. The second-order valence-electron chi connectivity index (χ2n) is 15.9. The van der Waals surface area contributed by atoms with Gasteiger partial charge in [-0.25, -0.2) is 19.6 Å². The van der Waals surface area contributed by atoms with Gasteiger partial charge in [0.15, 0.2) is 5.82 Å². The normalized spacial score (nSPS) is 15.0. The number of likely N-dealkylation sites (tertiary alicyclic amines) is 1. The molecule has 0 spiro atoms. The van der Waals surface area contributed by atoms with E-state index in [0.717, 1.165) is 103 Å². The van der Waals surface area contributed by atoms with Crippen molar-refractivity contribution in [1.29, 1.82) is 0 Å². The lowest BCUT2D eigenvalue weighted by Gasteiger charge is -2.32. The quantitative estimate of drug-likeness (QED) is 0.0585. The Morgan fingerprint density at radius 2 is 1.73 bits per heavy atom. The van der Waals surface area contributed by atoms with Crippen LogP contribution in [0.2, 0.25) is 0 Å². The number of pyridine rings is 1. The molecule has 2 aromatic carbocycles. The van der Waals surface area contributed by atoms with Crippen LogP contribution in [0.15, 0.2) is 54.6 Å². The Kier molecular flexibility index (Phi) is 14.1. The molecule has 5 N–H and O–H groups in total. The number of nitrogen functional groups attached to an aromatic ring is 1. The second kappa shape index (κ2) is 19.8. The predicted octanol–water partition coefficient (Wildman–Crippen LogP) is 7.28. The number of aryl methyl sites for hydroxylation is 2. The third-order valence-corrected chi connectivity index (χ3v) is 12.7. The second-order valence-corrected chi connectivity index (χ2v) is 17.1. The molecule has 1 saturated heterocycles. The van der Waals surface area contributed by atoms with Crippen LogP contribution in [-0.4, -0.2) is 94.6 Å². The zero-order valence-corrected chi connectivity index (χ0v) is 35.0. The van der Waals surface area contributed by atoms with Crippen LogP contribution in [-0.2, 0) is 32.0 Å². The van der Waals surface area contributed by atoms with Gasteiger partial charge in [-0.05, 0) is 92.8 Å². The van der Waals surface area contributed by atoms with Crippen LogP contribution in [0.1, 0.15) is 86.0 Å². The number of anilines is 1. The fraction of sp³-hybridized carbons (Fsp3) is 0.489.